The molecule has 0 aliphatic carbocycles. The molecule has 0 aliphatic rings. The molecular formula is C5H3NNa2O6S2. The standard InChI is InChI=1S/C5H5NO6S2.2Na/c7-13(8,9)4-2-1-3-6-5(4)14(10,11)12;;/h1-3H,(H,7,8,9)(H,10,11,12);;/q;2*+1/p-2. The Morgan fingerprint density at radius 2 is 1.50 bits per heavy atom. The molecular weight excluding hydrogens is 280 g/mol. The SMILES string of the molecule is O=S(=O)([O-])c1cccnc1S(=O)(=O)[O-].[Na+].[Na+]. The van der Waals surface area contributed by atoms with Crippen molar-refractivity contribution in [3.05, 3.63) is 18.3 Å². The number of pyridine rings is 1. The zero-order valence-electron chi connectivity index (χ0n) is 8.45. The summed E-state index contributed by atoms with van der Waals surface area (Å²) in [6, 6.07) is 1.75. The van der Waals surface area contributed by atoms with Crippen molar-refractivity contribution in [3.63, 3.8) is 0 Å². The van der Waals surface area contributed by atoms with E-state index >= 15 is 0 Å². The van der Waals surface area contributed by atoms with E-state index in [-0.39, 0.29) is 59.1 Å². The zero-order valence-corrected chi connectivity index (χ0v) is 14.1. The minimum atomic E-state index is -5.06. The minimum absolute atomic E-state index is 0. The van der Waals surface area contributed by atoms with E-state index in [1.165, 1.54) is 0 Å². The number of nitrogens with zero attached hydrogens (tertiary/aromatic N) is 1. The Bertz CT molecular complexity index is 503. The van der Waals surface area contributed by atoms with Crippen LogP contribution in [-0.4, -0.2) is 30.9 Å². The van der Waals surface area contributed by atoms with Gasteiger partial charge in [0.05, 0.1) is 4.90 Å². The molecule has 0 fully saturated rings. The van der Waals surface area contributed by atoms with Crippen molar-refractivity contribution in [3.8, 4) is 0 Å². The summed E-state index contributed by atoms with van der Waals surface area (Å²) in [7, 11) is -10.1. The number of hydrogen-bond acceptors (Lipinski definition) is 7. The van der Waals surface area contributed by atoms with Crippen molar-refractivity contribution in [1.29, 1.82) is 0 Å². The second kappa shape index (κ2) is 6.78. The van der Waals surface area contributed by atoms with Crippen LogP contribution in [0.15, 0.2) is 28.3 Å². The Balaban J connectivity index is 0. The predicted octanol–water partition coefficient (Wildman–Crippen LogP) is -7.10. The molecule has 0 spiro atoms. The number of rotatable bonds is 2. The fraction of sp³-hybridized carbons (Fsp3) is 0. The van der Waals surface area contributed by atoms with Crippen LogP contribution >= 0.6 is 0 Å². The van der Waals surface area contributed by atoms with Crippen LogP contribution in [0, 0.1) is 0 Å². The summed E-state index contributed by atoms with van der Waals surface area (Å²) < 4.78 is 62.9. The van der Waals surface area contributed by atoms with Gasteiger partial charge in [0.2, 0.25) is 0 Å². The molecule has 16 heavy (non-hydrogen) atoms. The summed E-state index contributed by atoms with van der Waals surface area (Å²) in [4.78, 5) is 1.91. The van der Waals surface area contributed by atoms with Gasteiger partial charge < -0.3 is 9.11 Å². The Morgan fingerprint density at radius 1 is 1.00 bits per heavy atom. The quantitative estimate of drug-likeness (QED) is 0.389. The van der Waals surface area contributed by atoms with Gasteiger partial charge in [-0.1, -0.05) is 0 Å². The van der Waals surface area contributed by atoms with Crippen molar-refractivity contribution < 1.29 is 85.1 Å². The smallest absolute Gasteiger partial charge is 0.744 e. The van der Waals surface area contributed by atoms with Gasteiger partial charge >= 0.3 is 59.1 Å². The molecule has 11 heteroatoms. The van der Waals surface area contributed by atoms with E-state index in [9.17, 15) is 25.9 Å². The van der Waals surface area contributed by atoms with E-state index in [0.717, 1.165) is 12.3 Å². The third kappa shape index (κ3) is 5.08. The molecule has 7 nitrogen and oxygen atoms in total. The van der Waals surface area contributed by atoms with Gasteiger partial charge in [-0.25, -0.2) is 21.8 Å². The van der Waals surface area contributed by atoms with E-state index in [1.54, 1.807) is 0 Å². The third-order valence-electron chi connectivity index (χ3n) is 1.24. The molecule has 0 aromatic carbocycles. The minimum Gasteiger partial charge on any atom is -0.744 e. The summed E-state index contributed by atoms with van der Waals surface area (Å²) >= 11 is 0. The first-order valence-electron chi connectivity index (χ1n) is 3.10. The monoisotopic (exact) mass is 283 g/mol. The van der Waals surface area contributed by atoms with Gasteiger partial charge in [-0.15, -0.1) is 0 Å². The molecule has 1 aromatic heterocycles. The second-order valence-electron chi connectivity index (χ2n) is 2.21. The van der Waals surface area contributed by atoms with Crippen LogP contribution in [-0.2, 0) is 20.2 Å². The molecule has 78 valence electrons. The van der Waals surface area contributed by atoms with Crippen molar-refractivity contribution in [2.45, 2.75) is 9.92 Å². The summed E-state index contributed by atoms with van der Waals surface area (Å²) in [5, 5.41) is -1.27. The van der Waals surface area contributed by atoms with E-state index in [1.807, 2.05) is 0 Å². The van der Waals surface area contributed by atoms with Crippen LogP contribution in [0.4, 0.5) is 0 Å². The Hall–Kier alpha value is 0.970. The van der Waals surface area contributed by atoms with Crippen molar-refractivity contribution in [1.82, 2.24) is 4.98 Å². The van der Waals surface area contributed by atoms with Crippen LogP contribution in [0.2, 0.25) is 0 Å². The van der Waals surface area contributed by atoms with Gasteiger partial charge in [0.15, 0.2) is 5.03 Å². The van der Waals surface area contributed by atoms with Crippen molar-refractivity contribution >= 4 is 20.2 Å². The molecule has 0 saturated carbocycles. The van der Waals surface area contributed by atoms with E-state index in [4.69, 9.17) is 0 Å². The van der Waals surface area contributed by atoms with Crippen molar-refractivity contribution in [2.24, 2.45) is 0 Å². The summed E-state index contributed by atoms with van der Waals surface area (Å²) in [6.07, 6.45) is 0.902. The average molecular weight is 283 g/mol. The summed E-state index contributed by atoms with van der Waals surface area (Å²) in [5.74, 6) is 0. The Morgan fingerprint density at radius 3 is 1.81 bits per heavy atom. The fourth-order valence-electron chi connectivity index (χ4n) is 0.754. The molecule has 0 bridgehead atoms. The molecule has 0 N–H and O–H groups in total. The third-order valence-corrected chi connectivity index (χ3v) is 3.04. The second-order valence-corrected chi connectivity index (χ2v) is 4.86. The predicted molar refractivity (Wildman–Crippen MR) is 40.2 cm³/mol. The van der Waals surface area contributed by atoms with Crippen molar-refractivity contribution in [2.75, 3.05) is 0 Å². The van der Waals surface area contributed by atoms with Crippen LogP contribution in [0.25, 0.3) is 0 Å². The van der Waals surface area contributed by atoms with Gasteiger partial charge in [0, 0.05) is 6.20 Å². The van der Waals surface area contributed by atoms with Gasteiger partial charge in [-0.3, -0.25) is 0 Å². The molecule has 0 radical (unpaired) electrons. The average Bonchev–Trinajstić information content (AvgIpc) is 2.01. The van der Waals surface area contributed by atoms with E-state index in [2.05, 4.69) is 4.98 Å². The molecule has 0 amide bonds. The summed E-state index contributed by atoms with van der Waals surface area (Å²) in [6.45, 7) is 0. The van der Waals surface area contributed by atoms with Gasteiger partial charge in [0.25, 0.3) is 0 Å². The maximum Gasteiger partial charge on any atom is 1.00 e. The molecule has 1 rings (SSSR count). The first kappa shape index (κ1) is 19.3. The van der Waals surface area contributed by atoms with E-state index in [0.29, 0.717) is 6.07 Å². The fourth-order valence-corrected chi connectivity index (χ4v) is 2.38. The maximum absolute atomic E-state index is 10.5. The molecule has 0 aliphatic heterocycles. The van der Waals surface area contributed by atoms with E-state index < -0.39 is 30.2 Å². The molecule has 0 saturated heterocycles. The number of aromatic nitrogens is 1. The first-order chi connectivity index (χ1) is 6.23. The van der Waals surface area contributed by atoms with Crippen LogP contribution < -0.4 is 59.1 Å². The Labute approximate surface area is 137 Å². The molecule has 0 atom stereocenters. The van der Waals surface area contributed by atoms with Crippen LogP contribution in [0.1, 0.15) is 0 Å². The van der Waals surface area contributed by atoms with Crippen LogP contribution in [0.5, 0.6) is 0 Å². The topological polar surface area (TPSA) is 127 Å². The molecule has 0 unspecified atom stereocenters. The number of hydrogen-bond donors (Lipinski definition) is 0. The largest absolute Gasteiger partial charge is 1.00 e. The zero-order chi connectivity index (χ0) is 11.0. The maximum atomic E-state index is 10.5. The van der Waals surface area contributed by atoms with Gasteiger partial charge in [-0.05, 0) is 12.1 Å². The molecule has 1 aromatic rings. The van der Waals surface area contributed by atoms with Gasteiger partial charge in [-0.2, -0.15) is 0 Å². The first-order valence-corrected chi connectivity index (χ1v) is 5.91. The normalized spacial score (nSPS) is 11.1. The Kier molecular flexibility index (Phi) is 8.19. The summed E-state index contributed by atoms with van der Waals surface area (Å²) in [5.41, 5.74) is 0. The van der Waals surface area contributed by atoms with Gasteiger partial charge in [0.1, 0.15) is 20.2 Å². The molecule has 1 heterocycles. The van der Waals surface area contributed by atoms with Crippen LogP contribution in [0.3, 0.4) is 0 Å².